The molecule has 1 saturated heterocycles. The number of H-pyrrole nitrogens is 1. The molecule has 0 unspecified atom stereocenters. The van der Waals surface area contributed by atoms with E-state index in [2.05, 4.69) is 20.3 Å². The van der Waals surface area contributed by atoms with E-state index in [0.29, 0.717) is 78.3 Å². The number of morpholine rings is 1. The van der Waals surface area contributed by atoms with Gasteiger partial charge in [-0.05, 0) is 36.4 Å². The first-order valence-corrected chi connectivity index (χ1v) is 10.9. The molecule has 5 aromatic rings. The summed E-state index contributed by atoms with van der Waals surface area (Å²) in [6.45, 7) is 2.81. The van der Waals surface area contributed by atoms with Crippen LogP contribution in [0.2, 0.25) is 0 Å². The standard InChI is InChI=1S/C23H20F2N8O/c24-14-2-1-3-16(10-14)33-13-27-20-21(30-23(31-22(20)33)32-6-8-34-9-7-32)26-12-19-28-17-5-4-15(25)11-18(17)29-19/h1-5,10-11,13H,6-9,12H2,(H,28,29)(H,26,30,31). The Morgan fingerprint density at radius 1 is 1.00 bits per heavy atom. The molecule has 6 rings (SSSR count). The predicted molar refractivity (Wildman–Crippen MR) is 123 cm³/mol. The van der Waals surface area contributed by atoms with Crippen LogP contribution in [0.3, 0.4) is 0 Å². The van der Waals surface area contributed by atoms with Crippen molar-refractivity contribution < 1.29 is 13.5 Å². The number of anilines is 2. The van der Waals surface area contributed by atoms with E-state index in [-0.39, 0.29) is 11.6 Å². The average molecular weight is 462 g/mol. The number of rotatable bonds is 5. The lowest BCUT2D eigenvalue weighted by Gasteiger charge is -2.27. The summed E-state index contributed by atoms with van der Waals surface area (Å²) in [5, 5.41) is 3.29. The van der Waals surface area contributed by atoms with E-state index in [0.717, 1.165) is 0 Å². The third-order valence-corrected chi connectivity index (χ3v) is 5.68. The molecule has 0 bridgehead atoms. The van der Waals surface area contributed by atoms with Gasteiger partial charge in [0.1, 0.15) is 23.8 Å². The molecule has 0 spiro atoms. The van der Waals surface area contributed by atoms with Gasteiger partial charge in [-0.3, -0.25) is 4.57 Å². The minimum absolute atomic E-state index is 0.317. The second kappa shape index (κ2) is 8.34. The monoisotopic (exact) mass is 462 g/mol. The zero-order chi connectivity index (χ0) is 23.1. The van der Waals surface area contributed by atoms with Gasteiger partial charge in [0, 0.05) is 13.1 Å². The van der Waals surface area contributed by atoms with Crippen molar-refractivity contribution in [2.45, 2.75) is 6.54 Å². The summed E-state index contributed by atoms with van der Waals surface area (Å²) in [6.07, 6.45) is 1.60. The molecular weight excluding hydrogens is 442 g/mol. The van der Waals surface area contributed by atoms with Crippen molar-refractivity contribution in [1.29, 1.82) is 0 Å². The van der Waals surface area contributed by atoms with Crippen LogP contribution in [0.5, 0.6) is 0 Å². The average Bonchev–Trinajstić information content (AvgIpc) is 3.46. The Hall–Kier alpha value is -4.12. The third kappa shape index (κ3) is 3.79. The van der Waals surface area contributed by atoms with E-state index in [4.69, 9.17) is 14.7 Å². The normalized spacial score (nSPS) is 14.2. The summed E-state index contributed by atoms with van der Waals surface area (Å²) in [6, 6.07) is 10.7. The predicted octanol–water partition coefficient (Wildman–Crippen LogP) is 3.42. The van der Waals surface area contributed by atoms with Crippen LogP contribution in [-0.2, 0) is 11.3 Å². The van der Waals surface area contributed by atoms with Gasteiger partial charge < -0.3 is 19.9 Å². The van der Waals surface area contributed by atoms with Crippen molar-refractivity contribution in [3.05, 3.63) is 66.3 Å². The molecule has 2 aromatic carbocycles. The third-order valence-electron chi connectivity index (χ3n) is 5.68. The maximum Gasteiger partial charge on any atom is 0.229 e. The van der Waals surface area contributed by atoms with Gasteiger partial charge in [0.2, 0.25) is 5.95 Å². The van der Waals surface area contributed by atoms with Gasteiger partial charge in [0.05, 0.1) is 36.5 Å². The molecule has 1 aliphatic heterocycles. The Labute approximate surface area is 192 Å². The van der Waals surface area contributed by atoms with Crippen LogP contribution in [0.15, 0.2) is 48.8 Å². The highest BCUT2D eigenvalue weighted by molar-refractivity contribution is 5.85. The fourth-order valence-corrected chi connectivity index (χ4v) is 4.02. The highest BCUT2D eigenvalue weighted by Crippen LogP contribution is 2.26. The van der Waals surface area contributed by atoms with Crippen LogP contribution in [0.4, 0.5) is 20.5 Å². The number of hydrogen-bond acceptors (Lipinski definition) is 7. The summed E-state index contributed by atoms with van der Waals surface area (Å²) in [4.78, 5) is 23.7. The van der Waals surface area contributed by atoms with Gasteiger partial charge in [-0.25, -0.2) is 18.7 Å². The zero-order valence-electron chi connectivity index (χ0n) is 18.0. The number of aromatic nitrogens is 6. The van der Waals surface area contributed by atoms with Crippen molar-refractivity contribution in [1.82, 2.24) is 29.5 Å². The van der Waals surface area contributed by atoms with E-state index in [1.54, 1.807) is 29.1 Å². The first-order valence-electron chi connectivity index (χ1n) is 10.9. The van der Waals surface area contributed by atoms with Gasteiger partial charge in [-0.2, -0.15) is 9.97 Å². The minimum Gasteiger partial charge on any atom is -0.378 e. The zero-order valence-corrected chi connectivity index (χ0v) is 18.0. The van der Waals surface area contributed by atoms with Crippen LogP contribution in [0.25, 0.3) is 27.9 Å². The first-order chi connectivity index (χ1) is 16.6. The second-order valence-corrected chi connectivity index (χ2v) is 7.94. The number of ether oxygens (including phenoxy) is 1. The highest BCUT2D eigenvalue weighted by Gasteiger charge is 2.20. The molecule has 172 valence electrons. The molecule has 0 atom stereocenters. The Balaban J connectivity index is 1.40. The molecule has 1 aliphatic rings. The van der Waals surface area contributed by atoms with Gasteiger partial charge in [0.25, 0.3) is 0 Å². The van der Waals surface area contributed by atoms with E-state index in [1.807, 2.05) is 4.90 Å². The molecule has 34 heavy (non-hydrogen) atoms. The molecule has 1 fully saturated rings. The maximum absolute atomic E-state index is 13.9. The first kappa shape index (κ1) is 20.5. The summed E-state index contributed by atoms with van der Waals surface area (Å²) in [5.41, 5.74) is 3.00. The molecular formula is C23H20F2N8O. The van der Waals surface area contributed by atoms with Crippen molar-refractivity contribution in [2.75, 3.05) is 36.5 Å². The molecule has 9 nitrogen and oxygen atoms in total. The Morgan fingerprint density at radius 2 is 1.85 bits per heavy atom. The van der Waals surface area contributed by atoms with E-state index < -0.39 is 0 Å². The minimum atomic E-state index is -0.346. The quantitative estimate of drug-likeness (QED) is 0.413. The maximum atomic E-state index is 13.9. The number of aromatic amines is 1. The van der Waals surface area contributed by atoms with Gasteiger partial charge in [-0.1, -0.05) is 6.07 Å². The van der Waals surface area contributed by atoms with Gasteiger partial charge in [0.15, 0.2) is 17.0 Å². The lowest BCUT2D eigenvalue weighted by atomic mass is 10.3. The smallest absolute Gasteiger partial charge is 0.229 e. The summed E-state index contributed by atoms with van der Waals surface area (Å²) >= 11 is 0. The molecule has 2 N–H and O–H groups in total. The molecule has 0 radical (unpaired) electrons. The van der Waals surface area contributed by atoms with E-state index >= 15 is 0 Å². The Morgan fingerprint density at radius 3 is 2.71 bits per heavy atom. The van der Waals surface area contributed by atoms with E-state index in [1.165, 1.54) is 24.3 Å². The number of nitrogens with zero attached hydrogens (tertiary/aromatic N) is 6. The van der Waals surface area contributed by atoms with Crippen LogP contribution in [0, 0.1) is 11.6 Å². The molecule has 3 aromatic heterocycles. The summed E-state index contributed by atoms with van der Waals surface area (Å²) in [5.74, 6) is 1.01. The number of nitrogens with one attached hydrogen (secondary N) is 2. The molecule has 4 heterocycles. The van der Waals surface area contributed by atoms with Crippen molar-refractivity contribution in [3.63, 3.8) is 0 Å². The van der Waals surface area contributed by atoms with Crippen LogP contribution >= 0.6 is 0 Å². The molecule has 11 heteroatoms. The largest absolute Gasteiger partial charge is 0.378 e. The number of hydrogen-bond donors (Lipinski definition) is 2. The van der Waals surface area contributed by atoms with Gasteiger partial charge >= 0.3 is 0 Å². The Kier molecular flexibility index (Phi) is 5.02. The molecule has 0 saturated carbocycles. The van der Waals surface area contributed by atoms with Crippen molar-refractivity contribution in [3.8, 4) is 5.69 Å². The van der Waals surface area contributed by atoms with Crippen LogP contribution < -0.4 is 10.2 Å². The summed E-state index contributed by atoms with van der Waals surface area (Å²) in [7, 11) is 0. The lowest BCUT2D eigenvalue weighted by Crippen LogP contribution is -2.37. The topological polar surface area (TPSA) is 96.8 Å². The number of halogens is 2. The van der Waals surface area contributed by atoms with Gasteiger partial charge in [-0.15, -0.1) is 0 Å². The number of fused-ring (bicyclic) bond motifs is 2. The molecule has 0 amide bonds. The fraction of sp³-hybridized carbons (Fsp3) is 0.217. The van der Waals surface area contributed by atoms with Crippen molar-refractivity contribution >= 4 is 34.0 Å². The molecule has 0 aliphatic carbocycles. The lowest BCUT2D eigenvalue weighted by molar-refractivity contribution is 0.122. The fourth-order valence-electron chi connectivity index (χ4n) is 4.02. The van der Waals surface area contributed by atoms with Crippen molar-refractivity contribution in [2.24, 2.45) is 0 Å². The van der Waals surface area contributed by atoms with E-state index in [9.17, 15) is 8.78 Å². The summed E-state index contributed by atoms with van der Waals surface area (Å²) < 4.78 is 34.6. The SMILES string of the molecule is Fc1cccc(-n2cnc3c(NCc4nc5ccc(F)cc5[nH]4)nc(N4CCOCC4)nc32)c1. The Bertz CT molecular complexity index is 1490. The highest BCUT2D eigenvalue weighted by atomic mass is 19.1. The van der Waals surface area contributed by atoms with Crippen LogP contribution in [0.1, 0.15) is 5.82 Å². The number of benzene rings is 2. The number of imidazole rings is 2. The van der Waals surface area contributed by atoms with Crippen LogP contribution in [-0.4, -0.2) is 55.8 Å². The second-order valence-electron chi connectivity index (χ2n) is 7.94.